The summed E-state index contributed by atoms with van der Waals surface area (Å²) in [6, 6.07) is 6.63. The summed E-state index contributed by atoms with van der Waals surface area (Å²) in [4.78, 5) is 17.3. The van der Waals surface area contributed by atoms with Gasteiger partial charge in [-0.25, -0.2) is 0 Å². The van der Waals surface area contributed by atoms with E-state index in [0.29, 0.717) is 26.2 Å². The normalized spacial score (nSPS) is 23.2. The summed E-state index contributed by atoms with van der Waals surface area (Å²) in [7, 11) is 0. The third kappa shape index (κ3) is 4.23. The lowest BCUT2D eigenvalue weighted by molar-refractivity contribution is -0.128. The first-order valence-electron chi connectivity index (χ1n) is 10.4. The number of aryl methyl sites for hydroxylation is 4. The van der Waals surface area contributed by atoms with Gasteiger partial charge in [0.2, 0.25) is 5.91 Å². The van der Waals surface area contributed by atoms with E-state index in [1.54, 1.807) is 0 Å². The average molecular weight is 398 g/mol. The van der Waals surface area contributed by atoms with Gasteiger partial charge in [-0.05, 0) is 38.8 Å². The molecule has 0 unspecified atom stereocenters. The van der Waals surface area contributed by atoms with Crippen LogP contribution in [0.25, 0.3) is 0 Å². The van der Waals surface area contributed by atoms with Crippen molar-refractivity contribution >= 4 is 5.91 Å². The zero-order valence-corrected chi connectivity index (χ0v) is 18.0. The number of amides is 1. The Morgan fingerprint density at radius 3 is 2.72 bits per heavy atom. The highest BCUT2D eigenvalue weighted by Crippen LogP contribution is 2.36. The highest BCUT2D eigenvalue weighted by atomic mass is 16.5. The van der Waals surface area contributed by atoms with Crippen LogP contribution >= 0.6 is 0 Å². The number of nitrogens with zero attached hydrogens (tertiary/aromatic N) is 3. The number of rotatable bonds is 4. The number of hydrogen-bond acceptors (Lipinski definition) is 5. The van der Waals surface area contributed by atoms with Crippen LogP contribution in [0.15, 0.2) is 22.7 Å². The van der Waals surface area contributed by atoms with Crippen LogP contribution in [0.5, 0.6) is 0 Å². The summed E-state index contributed by atoms with van der Waals surface area (Å²) in [6.07, 6.45) is 0.541. The second-order valence-corrected chi connectivity index (χ2v) is 8.92. The maximum absolute atomic E-state index is 12.9. The van der Waals surface area contributed by atoms with Crippen molar-refractivity contribution in [3.8, 4) is 0 Å². The Hall–Kier alpha value is -2.18. The predicted octanol–water partition coefficient (Wildman–Crippen LogP) is 3.16. The molecule has 3 heterocycles. The van der Waals surface area contributed by atoms with E-state index in [4.69, 9.17) is 9.26 Å². The number of carbonyl (C=O) groups excluding carboxylic acids is 1. The average Bonchev–Trinajstić information content (AvgIpc) is 3.06. The molecule has 2 aliphatic rings. The number of hydrogen-bond donors (Lipinski definition) is 0. The smallest absolute Gasteiger partial charge is 0.223 e. The molecule has 2 fully saturated rings. The van der Waals surface area contributed by atoms with Gasteiger partial charge in [-0.2, -0.15) is 0 Å². The third-order valence-electron chi connectivity index (χ3n) is 6.35. The molecule has 1 aromatic heterocycles. The summed E-state index contributed by atoms with van der Waals surface area (Å²) < 4.78 is 11.3. The molecule has 1 aromatic carbocycles. The van der Waals surface area contributed by atoms with Crippen molar-refractivity contribution < 1.29 is 14.1 Å². The molecule has 2 aliphatic heterocycles. The van der Waals surface area contributed by atoms with E-state index in [2.05, 4.69) is 42.1 Å². The standard InChI is InChI=1S/C23H31N3O3/c1-16-5-6-17(2)20(9-16)11-25-7-8-28-15-23(13-25)10-22(27)26(14-23)12-21-18(3)24-29-19(21)4/h5-6,9H,7-8,10-15H2,1-4H3/t23-/m1/s1. The number of benzene rings is 1. The Labute approximate surface area is 172 Å². The first-order chi connectivity index (χ1) is 13.8. The molecule has 6 heteroatoms. The van der Waals surface area contributed by atoms with Crippen LogP contribution in [-0.4, -0.2) is 53.7 Å². The van der Waals surface area contributed by atoms with Gasteiger partial charge in [0, 0.05) is 43.6 Å². The van der Waals surface area contributed by atoms with Crippen molar-refractivity contribution in [3.63, 3.8) is 0 Å². The maximum atomic E-state index is 12.9. The monoisotopic (exact) mass is 397 g/mol. The zero-order chi connectivity index (χ0) is 20.6. The van der Waals surface area contributed by atoms with Crippen LogP contribution in [0.1, 0.15) is 40.1 Å². The summed E-state index contributed by atoms with van der Waals surface area (Å²) >= 11 is 0. The fourth-order valence-corrected chi connectivity index (χ4v) is 4.67. The van der Waals surface area contributed by atoms with Gasteiger partial charge >= 0.3 is 0 Å². The molecule has 0 aliphatic carbocycles. The van der Waals surface area contributed by atoms with Crippen LogP contribution in [0, 0.1) is 33.1 Å². The quantitative estimate of drug-likeness (QED) is 0.793. The first kappa shape index (κ1) is 20.1. The highest BCUT2D eigenvalue weighted by molar-refractivity contribution is 5.79. The van der Waals surface area contributed by atoms with Crippen molar-refractivity contribution in [2.24, 2.45) is 5.41 Å². The van der Waals surface area contributed by atoms with E-state index in [-0.39, 0.29) is 11.3 Å². The van der Waals surface area contributed by atoms with E-state index in [1.165, 1.54) is 16.7 Å². The lowest BCUT2D eigenvalue weighted by Gasteiger charge is -2.31. The third-order valence-corrected chi connectivity index (χ3v) is 6.35. The second-order valence-electron chi connectivity index (χ2n) is 8.92. The van der Waals surface area contributed by atoms with Gasteiger partial charge < -0.3 is 14.2 Å². The molecule has 29 heavy (non-hydrogen) atoms. The van der Waals surface area contributed by atoms with Crippen LogP contribution in [0.2, 0.25) is 0 Å². The minimum Gasteiger partial charge on any atom is -0.379 e. The Kier molecular flexibility index (Phi) is 5.49. The van der Waals surface area contributed by atoms with E-state index in [1.807, 2.05) is 18.7 Å². The molecule has 0 N–H and O–H groups in total. The molecule has 0 bridgehead atoms. The van der Waals surface area contributed by atoms with Gasteiger partial charge in [0.05, 0.1) is 25.5 Å². The SMILES string of the molecule is Cc1ccc(C)c(CN2CCOC[C@]3(CC(=O)N(Cc4c(C)noc4C)C3)C2)c1. The van der Waals surface area contributed by atoms with Crippen molar-refractivity contribution in [1.82, 2.24) is 15.0 Å². The largest absolute Gasteiger partial charge is 0.379 e. The fraction of sp³-hybridized carbons (Fsp3) is 0.565. The van der Waals surface area contributed by atoms with Gasteiger partial charge in [0.1, 0.15) is 5.76 Å². The summed E-state index contributed by atoms with van der Waals surface area (Å²) in [5.41, 5.74) is 5.70. The van der Waals surface area contributed by atoms with Crippen LogP contribution in [0.3, 0.4) is 0 Å². The Morgan fingerprint density at radius 2 is 1.97 bits per heavy atom. The molecule has 156 valence electrons. The minimum absolute atomic E-state index is 0.149. The number of carbonyl (C=O) groups is 1. The molecule has 2 saturated heterocycles. The van der Waals surface area contributed by atoms with E-state index in [9.17, 15) is 4.79 Å². The summed E-state index contributed by atoms with van der Waals surface area (Å²) in [5.74, 6) is 0.993. The molecule has 2 aromatic rings. The number of likely N-dealkylation sites (tertiary alicyclic amines) is 1. The Morgan fingerprint density at radius 1 is 1.14 bits per heavy atom. The number of ether oxygens (including phenoxy) is 1. The van der Waals surface area contributed by atoms with Crippen LogP contribution < -0.4 is 0 Å². The van der Waals surface area contributed by atoms with E-state index in [0.717, 1.165) is 43.2 Å². The highest BCUT2D eigenvalue weighted by Gasteiger charge is 2.45. The molecule has 6 nitrogen and oxygen atoms in total. The molecule has 0 saturated carbocycles. The Bertz CT molecular complexity index is 887. The van der Waals surface area contributed by atoms with Crippen molar-refractivity contribution in [2.75, 3.05) is 32.8 Å². The van der Waals surface area contributed by atoms with Gasteiger partial charge in [0.25, 0.3) is 0 Å². The first-order valence-corrected chi connectivity index (χ1v) is 10.4. The Balaban J connectivity index is 1.49. The molecule has 1 atom stereocenters. The van der Waals surface area contributed by atoms with Gasteiger partial charge in [0.15, 0.2) is 0 Å². The minimum atomic E-state index is -0.149. The maximum Gasteiger partial charge on any atom is 0.223 e. The molecular weight excluding hydrogens is 366 g/mol. The molecule has 1 spiro atoms. The van der Waals surface area contributed by atoms with Crippen molar-refractivity contribution in [2.45, 2.75) is 47.2 Å². The number of aromatic nitrogens is 1. The second kappa shape index (κ2) is 7.92. The fourth-order valence-electron chi connectivity index (χ4n) is 4.67. The van der Waals surface area contributed by atoms with Gasteiger partial charge in [-0.1, -0.05) is 28.9 Å². The topological polar surface area (TPSA) is 58.8 Å². The summed E-state index contributed by atoms with van der Waals surface area (Å²) in [6.45, 7) is 13.5. The van der Waals surface area contributed by atoms with Crippen molar-refractivity contribution in [1.29, 1.82) is 0 Å². The predicted molar refractivity (Wildman–Crippen MR) is 110 cm³/mol. The van der Waals surface area contributed by atoms with E-state index < -0.39 is 0 Å². The van der Waals surface area contributed by atoms with E-state index >= 15 is 0 Å². The van der Waals surface area contributed by atoms with Crippen molar-refractivity contribution in [3.05, 3.63) is 51.9 Å². The lowest BCUT2D eigenvalue weighted by Crippen LogP contribution is -2.40. The molecule has 1 amide bonds. The molecule has 0 radical (unpaired) electrons. The molecular formula is C23H31N3O3. The van der Waals surface area contributed by atoms with Crippen LogP contribution in [0.4, 0.5) is 0 Å². The zero-order valence-electron chi connectivity index (χ0n) is 18.0. The molecule has 4 rings (SSSR count). The lowest BCUT2D eigenvalue weighted by atomic mass is 9.87. The van der Waals surface area contributed by atoms with Gasteiger partial charge in [-0.3, -0.25) is 9.69 Å². The summed E-state index contributed by atoms with van der Waals surface area (Å²) in [5, 5.41) is 4.03. The van der Waals surface area contributed by atoms with Gasteiger partial charge in [-0.15, -0.1) is 0 Å². The van der Waals surface area contributed by atoms with Crippen LogP contribution in [-0.2, 0) is 22.6 Å².